The van der Waals surface area contributed by atoms with E-state index in [1.807, 2.05) is 50.3 Å². The van der Waals surface area contributed by atoms with E-state index in [-0.39, 0.29) is 42.4 Å². The van der Waals surface area contributed by atoms with Gasteiger partial charge >= 0.3 is 5.97 Å². The summed E-state index contributed by atoms with van der Waals surface area (Å²) >= 11 is 3.59. The lowest BCUT2D eigenvalue weighted by molar-refractivity contribution is -0.149. The minimum atomic E-state index is -1.01. The molecule has 0 bridgehead atoms. The number of esters is 1. The molecule has 3 aromatic rings. The molecular formula is C35H43BrN4O6. The van der Waals surface area contributed by atoms with E-state index in [1.165, 1.54) is 17.0 Å². The van der Waals surface area contributed by atoms with Crippen molar-refractivity contribution in [3.05, 3.63) is 76.4 Å². The molecule has 0 fully saturated rings. The van der Waals surface area contributed by atoms with E-state index in [4.69, 9.17) is 4.74 Å². The van der Waals surface area contributed by atoms with Gasteiger partial charge in [-0.15, -0.1) is 0 Å². The molecule has 4 rings (SSSR count). The van der Waals surface area contributed by atoms with Gasteiger partial charge in [-0.25, -0.2) is 0 Å². The summed E-state index contributed by atoms with van der Waals surface area (Å²) in [7, 11) is 1.54. The Labute approximate surface area is 278 Å². The van der Waals surface area contributed by atoms with Crippen molar-refractivity contribution in [1.82, 2.24) is 20.5 Å². The Morgan fingerprint density at radius 3 is 2.37 bits per heavy atom. The van der Waals surface area contributed by atoms with E-state index in [9.17, 15) is 24.3 Å². The number of phenols is 1. The summed E-state index contributed by atoms with van der Waals surface area (Å²) in [5.41, 5.74) is 2.26. The van der Waals surface area contributed by atoms with Crippen molar-refractivity contribution in [3.8, 4) is 5.75 Å². The molecule has 2 aromatic carbocycles. The average Bonchev–Trinajstić information content (AvgIpc) is 3.32. The van der Waals surface area contributed by atoms with Crippen LogP contribution in [-0.2, 0) is 30.3 Å². The van der Waals surface area contributed by atoms with Crippen molar-refractivity contribution in [2.75, 3.05) is 7.05 Å². The normalized spacial score (nSPS) is 26.8. The van der Waals surface area contributed by atoms with Crippen molar-refractivity contribution in [1.29, 1.82) is 0 Å². The Kier molecular flexibility index (Phi) is 11.7. The van der Waals surface area contributed by atoms with Crippen LogP contribution in [0.3, 0.4) is 0 Å². The highest BCUT2D eigenvalue weighted by Gasteiger charge is 2.34. The first-order valence-electron chi connectivity index (χ1n) is 15.6. The largest absolute Gasteiger partial charge is 0.508 e. The molecule has 0 saturated carbocycles. The SMILES string of the molecule is C[C@@H]1NC(=O)[C@@H](C)C/C=C/[C@H](C)C[C@H](C)OC(=O)C[C@H](c2ccc(O)cc2)NC(=O)[C@@H](Cc2c(Br)[nH]c3ccccc23)N(C)C1=O. The molecule has 0 unspecified atom stereocenters. The summed E-state index contributed by atoms with van der Waals surface area (Å²) in [5, 5.41) is 16.6. The summed E-state index contributed by atoms with van der Waals surface area (Å²) in [6, 6.07) is 11.2. The smallest absolute Gasteiger partial charge is 0.308 e. The lowest BCUT2D eigenvalue weighted by atomic mass is 9.99. The number of allylic oxidation sites excluding steroid dienone is 2. The van der Waals surface area contributed by atoms with Gasteiger partial charge in [-0.1, -0.05) is 56.3 Å². The number of nitrogens with zero attached hydrogens (tertiary/aromatic N) is 1. The molecule has 0 radical (unpaired) electrons. The average molecular weight is 696 g/mol. The van der Waals surface area contributed by atoms with Gasteiger partial charge in [-0.05, 0) is 77.9 Å². The molecule has 46 heavy (non-hydrogen) atoms. The second-order valence-corrected chi connectivity index (χ2v) is 13.1. The number of rotatable bonds is 3. The second kappa shape index (κ2) is 15.4. The van der Waals surface area contributed by atoms with Gasteiger partial charge in [0.05, 0.1) is 23.2 Å². The van der Waals surface area contributed by atoms with Crippen molar-refractivity contribution in [2.24, 2.45) is 11.8 Å². The summed E-state index contributed by atoms with van der Waals surface area (Å²) < 4.78 is 6.43. The van der Waals surface area contributed by atoms with E-state index in [2.05, 4.69) is 31.5 Å². The van der Waals surface area contributed by atoms with Crippen LogP contribution in [-0.4, -0.2) is 63.9 Å². The maximum absolute atomic E-state index is 14.2. The second-order valence-electron chi connectivity index (χ2n) is 12.3. The highest BCUT2D eigenvalue weighted by atomic mass is 79.9. The van der Waals surface area contributed by atoms with Crippen LogP contribution in [0.4, 0.5) is 0 Å². The number of hydrogen-bond acceptors (Lipinski definition) is 6. The number of ether oxygens (including phenoxy) is 1. The quantitative estimate of drug-likeness (QED) is 0.216. The number of likely N-dealkylation sites (N-methyl/N-ethyl adjacent to an activating group) is 1. The predicted molar refractivity (Wildman–Crippen MR) is 180 cm³/mol. The van der Waals surface area contributed by atoms with Gasteiger partial charge in [-0.2, -0.15) is 0 Å². The first-order chi connectivity index (χ1) is 21.8. The highest BCUT2D eigenvalue weighted by molar-refractivity contribution is 9.10. The Morgan fingerprint density at radius 2 is 1.65 bits per heavy atom. The van der Waals surface area contributed by atoms with E-state index in [0.29, 0.717) is 23.0 Å². The molecule has 0 saturated heterocycles. The number of aromatic hydroxyl groups is 1. The Hall–Kier alpha value is -4.12. The topological polar surface area (TPSA) is 141 Å². The Balaban J connectivity index is 1.73. The minimum absolute atomic E-state index is 0.0437. The van der Waals surface area contributed by atoms with Crippen LogP contribution in [0.2, 0.25) is 0 Å². The number of halogens is 1. The number of nitrogens with one attached hydrogen (secondary N) is 3. The van der Waals surface area contributed by atoms with Crippen LogP contribution in [0.15, 0.2) is 65.3 Å². The number of fused-ring (bicyclic) bond motifs is 1. The Morgan fingerprint density at radius 1 is 0.957 bits per heavy atom. The molecule has 1 aliphatic rings. The Bertz CT molecular complexity index is 1590. The van der Waals surface area contributed by atoms with Gasteiger partial charge in [0.15, 0.2) is 0 Å². The number of amides is 3. The zero-order valence-electron chi connectivity index (χ0n) is 26.9. The van der Waals surface area contributed by atoms with Gasteiger partial charge in [0.25, 0.3) is 0 Å². The molecule has 1 aromatic heterocycles. The van der Waals surface area contributed by atoms with Crippen LogP contribution in [0.5, 0.6) is 5.75 Å². The monoisotopic (exact) mass is 694 g/mol. The van der Waals surface area contributed by atoms with Gasteiger partial charge < -0.3 is 30.4 Å². The zero-order chi connectivity index (χ0) is 33.5. The lowest BCUT2D eigenvalue weighted by Gasteiger charge is -2.31. The van der Waals surface area contributed by atoms with Gasteiger partial charge in [0.2, 0.25) is 17.7 Å². The van der Waals surface area contributed by atoms with Crippen LogP contribution >= 0.6 is 15.9 Å². The molecule has 11 heteroatoms. The summed E-state index contributed by atoms with van der Waals surface area (Å²) in [6.07, 6.45) is 4.60. The summed E-state index contributed by atoms with van der Waals surface area (Å²) in [6.45, 7) is 7.24. The molecule has 6 atom stereocenters. The molecule has 3 amide bonds. The maximum Gasteiger partial charge on any atom is 0.308 e. The lowest BCUT2D eigenvalue weighted by Crippen LogP contribution is -2.55. The number of benzene rings is 2. The number of phenolic OH excluding ortho intramolecular Hbond substituents is 1. The summed E-state index contributed by atoms with van der Waals surface area (Å²) in [4.78, 5) is 58.9. The number of hydrogen-bond donors (Lipinski definition) is 4. The molecule has 246 valence electrons. The molecular weight excluding hydrogens is 652 g/mol. The fourth-order valence-corrected chi connectivity index (χ4v) is 6.37. The minimum Gasteiger partial charge on any atom is -0.508 e. The maximum atomic E-state index is 14.2. The first kappa shape index (κ1) is 34.7. The third kappa shape index (κ3) is 8.78. The first-order valence-corrected chi connectivity index (χ1v) is 16.4. The van der Waals surface area contributed by atoms with Gasteiger partial charge in [0, 0.05) is 30.3 Å². The number of cyclic esters (lactones) is 1. The van der Waals surface area contributed by atoms with E-state index in [1.54, 1.807) is 33.0 Å². The fourth-order valence-electron chi connectivity index (χ4n) is 5.78. The van der Waals surface area contributed by atoms with E-state index >= 15 is 0 Å². The standard InChI is InChI=1S/C35H43BrN4O6/c1-20-9-8-10-21(2)33(43)37-23(4)35(45)40(5)30(18-27-26-11-6-7-12-28(26)38-32(27)36)34(44)39-29(19-31(42)46-22(3)17-20)24-13-15-25(41)16-14-24/h6-9,11-16,20-23,29-30,38,41H,10,17-19H2,1-5H3,(H,37,43)(H,39,44)/b9-8+/t20-,21-,22-,23-,29+,30+/m0/s1. The third-order valence-electron chi connectivity index (χ3n) is 8.43. The molecule has 1 aliphatic heterocycles. The third-order valence-corrected chi connectivity index (χ3v) is 9.10. The van der Waals surface area contributed by atoms with Crippen LogP contribution < -0.4 is 10.6 Å². The van der Waals surface area contributed by atoms with Crippen molar-refractivity contribution < 1.29 is 29.0 Å². The number of para-hydroxylation sites is 1. The highest BCUT2D eigenvalue weighted by Crippen LogP contribution is 2.29. The van der Waals surface area contributed by atoms with Crippen molar-refractivity contribution in [3.63, 3.8) is 0 Å². The number of carbonyl (C=O) groups excluding carboxylic acids is 4. The van der Waals surface area contributed by atoms with E-state index in [0.717, 1.165) is 16.5 Å². The van der Waals surface area contributed by atoms with Crippen LogP contribution in [0.1, 0.15) is 64.1 Å². The number of H-pyrrole nitrogens is 1. The molecule has 0 aliphatic carbocycles. The van der Waals surface area contributed by atoms with Crippen LogP contribution in [0.25, 0.3) is 10.9 Å². The molecule has 10 nitrogen and oxygen atoms in total. The van der Waals surface area contributed by atoms with Crippen molar-refractivity contribution in [2.45, 2.75) is 77.6 Å². The van der Waals surface area contributed by atoms with Gasteiger partial charge in [0.1, 0.15) is 17.8 Å². The zero-order valence-corrected chi connectivity index (χ0v) is 28.5. The number of carbonyl (C=O) groups is 4. The molecule has 4 N–H and O–H groups in total. The van der Waals surface area contributed by atoms with Gasteiger partial charge in [-0.3, -0.25) is 19.2 Å². The van der Waals surface area contributed by atoms with Crippen LogP contribution in [0, 0.1) is 11.8 Å². The van der Waals surface area contributed by atoms with Crippen molar-refractivity contribution >= 4 is 50.5 Å². The number of aromatic amines is 1. The predicted octanol–water partition coefficient (Wildman–Crippen LogP) is 5.31. The summed E-state index contributed by atoms with van der Waals surface area (Å²) in [5.74, 6) is -1.93. The molecule has 2 heterocycles. The number of aromatic nitrogens is 1. The van der Waals surface area contributed by atoms with E-state index < -0.39 is 35.9 Å². The molecule has 0 spiro atoms. The fraction of sp³-hybridized carbons (Fsp3) is 0.429.